The van der Waals surface area contributed by atoms with Crippen molar-refractivity contribution >= 4 is 11.8 Å². The molecule has 1 aliphatic rings. The molecule has 0 heterocycles. The van der Waals surface area contributed by atoms with Crippen molar-refractivity contribution in [3.63, 3.8) is 0 Å². The molecule has 27 heavy (non-hydrogen) atoms. The van der Waals surface area contributed by atoms with Gasteiger partial charge in [0.2, 0.25) is 0 Å². The van der Waals surface area contributed by atoms with E-state index < -0.39 is 18.2 Å². The molecule has 1 aliphatic carbocycles. The molecule has 3 atom stereocenters. The van der Waals surface area contributed by atoms with E-state index in [1.165, 1.54) is 19.3 Å². The minimum absolute atomic E-state index is 0.0312. The number of aliphatic carboxylic acids is 1. The smallest absolute Gasteiger partial charge is 0.369 e. The van der Waals surface area contributed by atoms with E-state index >= 15 is 0 Å². The van der Waals surface area contributed by atoms with Gasteiger partial charge in [0.25, 0.3) is 0 Å². The monoisotopic (exact) mass is 384 g/mol. The van der Waals surface area contributed by atoms with Crippen LogP contribution in [0.4, 0.5) is 4.39 Å². The summed E-state index contributed by atoms with van der Waals surface area (Å²) in [6.45, 7) is 6.78. The second kappa shape index (κ2) is 10.9. The number of halogens is 1. The van der Waals surface area contributed by atoms with Gasteiger partial charge in [-0.15, -0.1) is 0 Å². The van der Waals surface area contributed by atoms with Crippen LogP contribution in [-0.2, 0) is 9.59 Å². The molecule has 4 nitrogen and oxygen atoms in total. The standard InChI is InChI=1S/C22H37FO4/c1-4-5-14-21(2,3)15-9-10-17-12-13-19(24)18(17)11-7-6-8-16-22(23,27)20(25)26/h9-10,17-18,27H,4-8,11-16H2,1-3H3,(H,25,26)/t17-,18+,22?/m0/s1. The predicted octanol–water partition coefficient (Wildman–Crippen LogP) is 5.44. The topological polar surface area (TPSA) is 74.6 Å². The van der Waals surface area contributed by atoms with Crippen molar-refractivity contribution in [3.8, 4) is 0 Å². The number of carboxylic acids is 1. The van der Waals surface area contributed by atoms with Gasteiger partial charge in [-0.2, -0.15) is 4.39 Å². The minimum Gasteiger partial charge on any atom is -0.477 e. The number of Topliss-reactive ketones (excluding diaryl/α,β-unsaturated/α-hetero) is 1. The number of carbonyl (C=O) groups is 2. The van der Waals surface area contributed by atoms with Crippen LogP contribution in [0.3, 0.4) is 0 Å². The molecule has 156 valence electrons. The van der Waals surface area contributed by atoms with Gasteiger partial charge in [-0.3, -0.25) is 4.79 Å². The van der Waals surface area contributed by atoms with Crippen molar-refractivity contribution in [2.24, 2.45) is 17.3 Å². The fourth-order valence-electron chi connectivity index (χ4n) is 3.87. The van der Waals surface area contributed by atoms with Crippen molar-refractivity contribution in [1.82, 2.24) is 0 Å². The second-order valence-electron chi connectivity index (χ2n) is 8.84. The van der Waals surface area contributed by atoms with Crippen LogP contribution in [0.25, 0.3) is 0 Å². The molecule has 0 amide bonds. The molecule has 1 saturated carbocycles. The van der Waals surface area contributed by atoms with Gasteiger partial charge in [-0.25, -0.2) is 4.79 Å². The lowest BCUT2D eigenvalue weighted by Crippen LogP contribution is -2.32. The molecule has 0 bridgehead atoms. The Morgan fingerprint density at radius 2 is 1.93 bits per heavy atom. The number of aliphatic hydroxyl groups is 1. The van der Waals surface area contributed by atoms with Crippen molar-refractivity contribution in [2.45, 2.75) is 97.3 Å². The lowest BCUT2D eigenvalue weighted by Gasteiger charge is -2.23. The molecule has 0 aliphatic heterocycles. The Kier molecular flexibility index (Phi) is 9.65. The van der Waals surface area contributed by atoms with E-state index in [0.29, 0.717) is 25.0 Å². The maximum absolute atomic E-state index is 13.3. The third kappa shape index (κ3) is 8.54. The molecule has 1 rings (SSSR count). The summed E-state index contributed by atoms with van der Waals surface area (Å²) < 4.78 is 13.3. The molecule has 0 aromatic carbocycles. The number of allylic oxidation sites excluding steroid dienone is 2. The van der Waals surface area contributed by atoms with Crippen LogP contribution in [-0.4, -0.2) is 27.8 Å². The van der Waals surface area contributed by atoms with E-state index in [9.17, 15) is 14.0 Å². The van der Waals surface area contributed by atoms with Gasteiger partial charge in [0.1, 0.15) is 5.78 Å². The fourth-order valence-corrected chi connectivity index (χ4v) is 3.87. The van der Waals surface area contributed by atoms with Gasteiger partial charge in [0.05, 0.1) is 0 Å². The number of ketones is 1. The molecule has 0 aromatic rings. The zero-order valence-corrected chi connectivity index (χ0v) is 17.2. The lowest BCUT2D eigenvalue weighted by molar-refractivity contribution is -0.181. The van der Waals surface area contributed by atoms with E-state index in [-0.39, 0.29) is 17.3 Å². The first-order valence-corrected chi connectivity index (χ1v) is 10.4. The molecular weight excluding hydrogens is 347 g/mol. The van der Waals surface area contributed by atoms with Crippen molar-refractivity contribution in [2.75, 3.05) is 0 Å². The predicted molar refractivity (Wildman–Crippen MR) is 105 cm³/mol. The highest BCUT2D eigenvalue weighted by atomic mass is 19.2. The SMILES string of the molecule is CCCCC(C)(C)CC=C[C@H]1CCC(=O)[C@@H]1CCCCCC(O)(F)C(=O)O. The number of carboxylic acid groups (broad SMARTS) is 1. The average Bonchev–Trinajstić information content (AvgIpc) is 2.92. The molecule has 5 heteroatoms. The summed E-state index contributed by atoms with van der Waals surface area (Å²) in [5.41, 5.74) is 0.290. The van der Waals surface area contributed by atoms with E-state index in [0.717, 1.165) is 25.7 Å². The highest BCUT2D eigenvalue weighted by Crippen LogP contribution is 2.35. The Hall–Kier alpha value is -1.23. The zero-order chi connectivity index (χ0) is 20.5. The summed E-state index contributed by atoms with van der Waals surface area (Å²) in [6, 6.07) is 0. The summed E-state index contributed by atoms with van der Waals surface area (Å²) >= 11 is 0. The molecule has 1 unspecified atom stereocenters. The molecule has 2 N–H and O–H groups in total. The number of alkyl halides is 1. The summed E-state index contributed by atoms with van der Waals surface area (Å²) in [7, 11) is 0. The Labute approximate surface area is 163 Å². The quantitative estimate of drug-likeness (QED) is 0.328. The first-order valence-electron chi connectivity index (χ1n) is 10.4. The summed E-state index contributed by atoms with van der Waals surface area (Å²) in [4.78, 5) is 22.7. The van der Waals surface area contributed by atoms with E-state index in [2.05, 4.69) is 32.9 Å². The van der Waals surface area contributed by atoms with Crippen LogP contribution < -0.4 is 0 Å². The second-order valence-corrected chi connectivity index (χ2v) is 8.84. The van der Waals surface area contributed by atoms with Crippen molar-refractivity contribution < 1.29 is 24.2 Å². The summed E-state index contributed by atoms with van der Waals surface area (Å²) in [5, 5.41) is 17.6. The van der Waals surface area contributed by atoms with Gasteiger partial charge in [-0.1, -0.05) is 58.6 Å². The number of carbonyl (C=O) groups excluding carboxylic acids is 1. The average molecular weight is 385 g/mol. The Bertz CT molecular complexity index is 510. The van der Waals surface area contributed by atoms with Crippen molar-refractivity contribution in [1.29, 1.82) is 0 Å². The van der Waals surface area contributed by atoms with Gasteiger partial charge in [-0.05, 0) is 43.4 Å². The number of rotatable bonds is 13. The fraction of sp³-hybridized carbons (Fsp3) is 0.818. The molecule has 0 aromatic heterocycles. The maximum Gasteiger partial charge on any atom is 0.369 e. The van der Waals surface area contributed by atoms with Crippen LogP contribution in [0.1, 0.15) is 91.4 Å². The largest absolute Gasteiger partial charge is 0.477 e. The van der Waals surface area contributed by atoms with Crippen LogP contribution in [0.15, 0.2) is 12.2 Å². The van der Waals surface area contributed by atoms with E-state index in [1.807, 2.05) is 0 Å². The molecule has 0 spiro atoms. The zero-order valence-electron chi connectivity index (χ0n) is 17.2. The normalized spacial score (nSPS) is 23.1. The molecular formula is C22H37FO4. The van der Waals surface area contributed by atoms with Crippen LogP contribution in [0.5, 0.6) is 0 Å². The highest BCUT2D eigenvalue weighted by molar-refractivity contribution is 5.83. The van der Waals surface area contributed by atoms with E-state index in [4.69, 9.17) is 10.2 Å². The maximum atomic E-state index is 13.3. The van der Waals surface area contributed by atoms with Gasteiger partial charge in [0.15, 0.2) is 0 Å². The third-order valence-corrected chi connectivity index (χ3v) is 5.77. The molecule has 1 fully saturated rings. The van der Waals surface area contributed by atoms with Crippen LogP contribution >= 0.6 is 0 Å². The first-order chi connectivity index (χ1) is 12.6. The third-order valence-electron chi connectivity index (χ3n) is 5.77. The van der Waals surface area contributed by atoms with E-state index in [1.54, 1.807) is 0 Å². The van der Waals surface area contributed by atoms with Gasteiger partial charge in [0, 0.05) is 18.8 Å². The molecule has 0 radical (unpaired) electrons. The highest BCUT2D eigenvalue weighted by Gasteiger charge is 2.35. The summed E-state index contributed by atoms with van der Waals surface area (Å²) in [5.74, 6) is -4.35. The van der Waals surface area contributed by atoms with Crippen LogP contribution in [0, 0.1) is 17.3 Å². The Morgan fingerprint density at radius 1 is 1.22 bits per heavy atom. The number of hydrogen-bond acceptors (Lipinski definition) is 3. The Morgan fingerprint density at radius 3 is 2.56 bits per heavy atom. The first kappa shape index (κ1) is 23.8. The van der Waals surface area contributed by atoms with Crippen molar-refractivity contribution in [3.05, 3.63) is 12.2 Å². The van der Waals surface area contributed by atoms with Crippen LogP contribution in [0.2, 0.25) is 0 Å². The minimum atomic E-state index is -3.14. The Balaban J connectivity index is 2.39. The van der Waals surface area contributed by atoms with Gasteiger partial charge < -0.3 is 10.2 Å². The summed E-state index contributed by atoms with van der Waals surface area (Å²) in [6.07, 6.45) is 12.7. The van der Waals surface area contributed by atoms with Gasteiger partial charge >= 0.3 is 11.8 Å². The number of unbranched alkanes of at least 4 members (excludes halogenated alkanes) is 3. The molecule has 0 saturated heterocycles. The number of hydrogen-bond donors (Lipinski definition) is 2. The lowest BCUT2D eigenvalue weighted by atomic mass is 9.83.